The highest BCUT2D eigenvalue weighted by Crippen LogP contribution is 2.26. The lowest BCUT2D eigenvalue weighted by Gasteiger charge is -2.40. The van der Waals surface area contributed by atoms with E-state index in [4.69, 9.17) is 0 Å². The number of nitrogens with zero attached hydrogens (tertiary/aromatic N) is 2. The van der Waals surface area contributed by atoms with Crippen molar-refractivity contribution < 1.29 is 39.6 Å². The van der Waals surface area contributed by atoms with Crippen LogP contribution in [0.1, 0.15) is 92.9 Å². The van der Waals surface area contributed by atoms with Crippen LogP contribution in [0.5, 0.6) is 0 Å². The van der Waals surface area contributed by atoms with Crippen LogP contribution >= 0.6 is 0 Å². The van der Waals surface area contributed by atoms with Gasteiger partial charge in [-0.05, 0) is 64.3 Å². The molecule has 11 nitrogen and oxygen atoms in total. The molecule has 0 aromatic heterocycles. The Morgan fingerprint density at radius 3 is 1.54 bits per heavy atom. The number of carboxylic acid groups (broad SMARTS) is 1. The van der Waals surface area contributed by atoms with Gasteiger partial charge in [0.15, 0.2) is 11.9 Å². The van der Waals surface area contributed by atoms with E-state index in [2.05, 4.69) is 5.32 Å². The van der Waals surface area contributed by atoms with Crippen LogP contribution in [0.4, 0.5) is 0 Å². The van der Waals surface area contributed by atoms with Crippen LogP contribution in [0.25, 0.3) is 0 Å². The third kappa shape index (κ3) is 12.8. The summed E-state index contributed by atoms with van der Waals surface area (Å²) in [6, 6.07) is -2.46. The summed E-state index contributed by atoms with van der Waals surface area (Å²) in [5.41, 5.74) is 0. The molecule has 0 rings (SSSR count). The van der Waals surface area contributed by atoms with Gasteiger partial charge in [-0.2, -0.15) is 0 Å². The molecule has 0 spiro atoms. The Balaban J connectivity index is 6.43. The summed E-state index contributed by atoms with van der Waals surface area (Å²) in [4.78, 5) is 55.3. The van der Waals surface area contributed by atoms with Crippen molar-refractivity contribution in [2.45, 2.75) is 129 Å². The van der Waals surface area contributed by atoms with Gasteiger partial charge in [-0.3, -0.25) is 14.4 Å². The first-order chi connectivity index (χ1) is 19.0. The summed E-state index contributed by atoms with van der Waals surface area (Å²) >= 11 is 0. The molecule has 0 aliphatic rings. The number of amides is 2. The van der Waals surface area contributed by atoms with Gasteiger partial charge in [-0.25, -0.2) is 4.79 Å². The van der Waals surface area contributed by atoms with Gasteiger partial charge in [0.25, 0.3) is 0 Å². The van der Waals surface area contributed by atoms with Crippen LogP contribution < -0.4 is 5.32 Å². The highest BCUT2D eigenvalue weighted by molar-refractivity contribution is 5.95. The number of carbonyl (C=O) groups is 4. The van der Waals surface area contributed by atoms with E-state index in [1.54, 1.807) is 34.9 Å². The second-order valence-corrected chi connectivity index (χ2v) is 12.0. The quantitative estimate of drug-likeness (QED) is 0.135. The van der Waals surface area contributed by atoms with E-state index >= 15 is 0 Å². The number of aliphatic hydroxyl groups is 3. The minimum atomic E-state index is -1.90. The lowest BCUT2D eigenvalue weighted by molar-refractivity contribution is -0.153. The first-order valence-electron chi connectivity index (χ1n) is 15.0. The first kappa shape index (κ1) is 38.9. The molecular formula is C30H57N3O8. The monoisotopic (exact) mass is 587 g/mol. The number of hydrogen-bond donors (Lipinski definition) is 5. The van der Waals surface area contributed by atoms with E-state index < -0.39 is 66.4 Å². The Labute approximate surface area is 246 Å². The van der Waals surface area contributed by atoms with Gasteiger partial charge >= 0.3 is 5.97 Å². The molecule has 240 valence electrons. The Kier molecular flexibility index (Phi) is 18.2. The lowest BCUT2D eigenvalue weighted by atomic mass is 9.87. The molecule has 9 atom stereocenters. The zero-order valence-corrected chi connectivity index (χ0v) is 26.7. The number of aliphatic carboxylic acids is 1. The maximum absolute atomic E-state index is 14.2. The van der Waals surface area contributed by atoms with Crippen molar-refractivity contribution in [3.63, 3.8) is 0 Å². The van der Waals surface area contributed by atoms with E-state index in [-0.39, 0.29) is 17.7 Å². The van der Waals surface area contributed by atoms with Gasteiger partial charge in [0.2, 0.25) is 11.8 Å². The number of nitrogens with one attached hydrogen (secondary N) is 1. The SMILES string of the molecule is CC[C@H](C)[C@H](NC)C(=O)N(C)[C@H](C(=O)N(C)[C@H](C(=O)CC(O)C(=O)O)[C@@H](C)CCCC(C)O)[C@@H](C)CCCC(C)O. The fourth-order valence-corrected chi connectivity index (χ4v) is 5.48. The Morgan fingerprint density at radius 2 is 1.15 bits per heavy atom. The zero-order chi connectivity index (χ0) is 32.0. The molecule has 0 heterocycles. The average molecular weight is 588 g/mol. The van der Waals surface area contributed by atoms with Crippen molar-refractivity contribution in [3.8, 4) is 0 Å². The summed E-state index contributed by atoms with van der Waals surface area (Å²) in [6.07, 6.45) is 0.482. The van der Waals surface area contributed by atoms with Crippen LogP contribution in [-0.4, -0.2) is 111 Å². The molecule has 0 aromatic carbocycles. The molecule has 0 aliphatic heterocycles. The second-order valence-electron chi connectivity index (χ2n) is 12.0. The molecule has 0 fully saturated rings. The minimum Gasteiger partial charge on any atom is -0.479 e. The van der Waals surface area contributed by atoms with Gasteiger partial charge in [-0.1, -0.05) is 47.0 Å². The molecular weight excluding hydrogens is 530 g/mol. The fraction of sp³-hybridized carbons (Fsp3) is 0.867. The summed E-state index contributed by atoms with van der Waals surface area (Å²) in [5, 5.41) is 41.6. The van der Waals surface area contributed by atoms with Crippen molar-refractivity contribution in [1.82, 2.24) is 15.1 Å². The molecule has 0 aliphatic carbocycles. The molecule has 0 saturated heterocycles. The number of aliphatic hydroxyl groups excluding tert-OH is 3. The molecule has 0 radical (unpaired) electrons. The number of carboxylic acids is 1. The van der Waals surface area contributed by atoms with Gasteiger partial charge in [-0.15, -0.1) is 0 Å². The van der Waals surface area contributed by atoms with Gasteiger partial charge in [0.1, 0.15) is 6.04 Å². The zero-order valence-electron chi connectivity index (χ0n) is 26.7. The van der Waals surface area contributed by atoms with E-state index in [0.29, 0.717) is 38.5 Å². The van der Waals surface area contributed by atoms with Crippen molar-refractivity contribution in [2.75, 3.05) is 21.1 Å². The molecule has 3 unspecified atom stereocenters. The van der Waals surface area contributed by atoms with E-state index in [1.807, 2.05) is 20.8 Å². The van der Waals surface area contributed by atoms with Gasteiger partial charge in [0.05, 0.1) is 24.3 Å². The van der Waals surface area contributed by atoms with E-state index in [9.17, 15) is 39.6 Å². The van der Waals surface area contributed by atoms with Crippen LogP contribution in [0.2, 0.25) is 0 Å². The maximum atomic E-state index is 14.2. The predicted molar refractivity (Wildman–Crippen MR) is 158 cm³/mol. The normalized spacial score (nSPS) is 18.2. The highest BCUT2D eigenvalue weighted by Gasteiger charge is 2.41. The van der Waals surface area contributed by atoms with E-state index in [1.165, 1.54) is 16.8 Å². The average Bonchev–Trinajstić information content (AvgIpc) is 2.88. The summed E-state index contributed by atoms with van der Waals surface area (Å²) in [6.45, 7) is 11.0. The second kappa shape index (κ2) is 19.2. The smallest absolute Gasteiger partial charge is 0.332 e. The third-order valence-corrected chi connectivity index (χ3v) is 8.22. The predicted octanol–water partition coefficient (Wildman–Crippen LogP) is 2.05. The molecule has 11 heteroatoms. The largest absolute Gasteiger partial charge is 0.479 e. The number of Topliss-reactive ketones (excluding diaryl/α,β-unsaturated/α-hetero) is 1. The van der Waals surface area contributed by atoms with Crippen molar-refractivity contribution in [1.29, 1.82) is 0 Å². The Bertz CT molecular complexity index is 822. The summed E-state index contributed by atoms with van der Waals surface area (Å²) in [5.74, 6) is -3.49. The van der Waals surface area contributed by atoms with E-state index in [0.717, 1.165) is 6.42 Å². The lowest BCUT2D eigenvalue weighted by Crippen LogP contribution is -2.59. The summed E-state index contributed by atoms with van der Waals surface area (Å²) in [7, 11) is 4.78. The first-order valence-corrected chi connectivity index (χ1v) is 15.0. The van der Waals surface area contributed by atoms with Crippen LogP contribution in [0.3, 0.4) is 0 Å². The molecule has 2 amide bonds. The third-order valence-electron chi connectivity index (χ3n) is 8.22. The maximum Gasteiger partial charge on any atom is 0.332 e. The topological polar surface area (TPSA) is 168 Å². The van der Waals surface area contributed by atoms with Crippen molar-refractivity contribution in [3.05, 3.63) is 0 Å². The molecule has 0 saturated carbocycles. The van der Waals surface area contributed by atoms with Crippen LogP contribution in [0, 0.1) is 17.8 Å². The number of carbonyl (C=O) groups excluding carboxylic acids is 3. The Morgan fingerprint density at radius 1 is 0.707 bits per heavy atom. The fourth-order valence-electron chi connectivity index (χ4n) is 5.48. The number of rotatable bonds is 21. The molecule has 0 aromatic rings. The van der Waals surface area contributed by atoms with Crippen LogP contribution in [-0.2, 0) is 19.2 Å². The van der Waals surface area contributed by atoms with Gasteiger partial charge < -0.3 is 35.5 Å². The Hall–Kier alpha value is -2.08. The van der Waals surface area contributed by atoms with Crippen molar-refractivity contribution >= 4 is 23.6 Å². The molecule has 5 N–H and O–H groups in total. The standard InChI is InChI=1S/C30H57N3O8/c1-10-18(2)25(31-7)28(38)33(9)27(20(4)14-12-16-22(6)35)29(39)32(8)26(19(3)13-11-15-21(5)34)23(36)17-24(37)30(40)41/h18-22,24-27,31,34-35,37H,10-17H2,1-9H3,(H,40,41)/t18-,19-,20-,21?,22?,24?,25-,26-,27-/m0/s1. The molecule has 0 bridgehead atoms. The number of likely N-dealkylation sites (N-methyl/N-ethyl adjacent to an activating group) is 3. The minimum absolute atomic E-state index is 0.00903. The number of ketones is 1. The van der Waals surface area contributed by atoms with Crippen LogP contribution in [0.15, 0.2) is 0 Å². The summed E-state index contributed by atoms with van der Waals surface area (Å²) < 4.78 is 0. The molecule has 41 heavy (non-hydrogen) atoms. The highest BCUT2D eigenvalue weighted by atomic mass is 16.4. The van der Waals surface area contributed by atoms with Crippen molar-refractivity contribution in [2.24, 2.45) is 17.8 Å². The number of hydrogen-bond acceptors (Lipinski definition) is 8. The van der Waals surface area contributed by atoms with Gasteiger partial charge in [0, 0.05) is 20.5 Å².